The fourth-order valence-electron chi connectivity index (χ4n) is 4.63. The van der Waals surface area contributed by atoms with Crippen molar-refractivity contribution in [3.05, 3.63) is 66.4 Å². The van der Waals surface area contributed by atoms with Crippen molar-refractivity contribution in [1.29, 1.82) is 0 Å². The van der Waals surface area contributed by atoms with E-state index >= 15 is 0 Å². The molecule has 1 saturated heterocycles. The third kappa shape index (κ3) is 3.15. The summed E-state index contributed by atoms with van der Waals surface area (Å²) in [5.41, 5.74) is 2.72. The number of carbonyl (C=O) groups excluding carboxylic acids is 1. The normalized spacial score (nSPS) is 17.6. The van der Waals surface area contributed by atoms with E-state index in [1.165, 1.54) is 0 Å². The molecule has 0 bridgehead atoms. The highest BCUT2D eigenvalue weighted by Gasteiger charge is 2.42. The van der Waals surface area contributed by atoms with E-state index in [2.05, 4.69) is 27.0 Å². The molecule has 154 valence electrons. The average molecular weight is 403 g/mol. The van der Waals surface area contributed by atoms with Crippen LogP contribution in [-0.4, -0.2) is 52.1 Å². The molecule has 30 heavy (non-hydrogen) atoms. The molecule has 0 saturated carbocycles. The second kappa shape index (κ2) is 7.57. The summed E-state index contributed by atoms with van der Waals surface area (Å²) in [6.45, 7) is 3.18. The van der Waals surface area contributed by atoms with Crippen LogP contribution in [0.5, 0.6) is 5.75 Å². The van der Waals surface area contributed by atoms with Gasteiger partial charge in [0.25, 0.3) is 5.91 Å². The van der Waals surface area contributed by atoms with Gasteiger partial charge >= 0.3 is 0 Å². The number of imidazole rings is 1. The second-order valence-corrected chi connectivity index (χ2v) is 7.89. The van der Waals surface area contributed by atoms with Gasteiger partial charge in [-0.05, 0) is 49.2 Å². The highest BCUT2D eigenvalue weighted by molar-refractivity contribution is 5.93. The zero-order chi connectivity index (χ0) is 20.6. The number of carbonyl (C=O) groups is 1. The Kier molecular flexibility index (Phi) is 4.75. The Hall–Kier alpha value is -3.19. The SMILES string of the molecule is COc1ccc(-c2cnc3n2CCNC32CCN(C(=O)c3cccnc3)CC2)cc1. The number of nitrogens with one attached hydrogen (secondary N) is 1. The van der Waals surface area contributed by atoms with E-state index in [0.29, 0.717) is 18.7 Å². The number of pyridine rings is 1. The van der Waals surface area contributed by atoms with Gasteiger partial charge in [0.15, 0.2) is 0 Å². The van der Waals surface area contributed by atoms with E-state index in [-0.39, 0.29) is 11.4 Å². The number of piperidine rings is 1. The van der Waals surface area contributed by atoms with Crippen LogP contribution in [0.25, 0.3) is 11.3 Å². The molecule has 0 atom stereocenters. The van der Waals surface area contributed by atoms with Crippen LogP contribution in [0.15, 0.2) is 55.0 Å². The van der Waals surface area contributed by atoms with E-state index in [1.807, 2.05) is 29.3 Å². The van der Waals surface area contributed by atoms with Crippen LogP contribution in [0.2, 0.25) is 0 Å². The first kappa shape index (κ1) is 18.8. The molecule has 4 heterocycles. The minimum Gasteiger partial charge on any atom is -0.497 e. The molecule has 1 amide bonds. The monoisotopic (exact) mass is 403 g/mol. The molecule has 0 radical (unpaired) electrons. The van der Waals surface area contributed by atoms with E-state index < -0.39 is 0 Å². The zero-order valence-corrected chi connectivity index (χ0v) is 17.0. The first-order chi connectivity index (χ1) is 14.7. The molecule has 1 spiro atoms. The molecule has 7 nitrogen and oxygen atoms in total. The fourth-order valence-corrected chi connectivity index (χ4v) is 4.63. The lowest BCUT2D eigenvalue weighted by molar-refractivity contribution is 0.0606. The van der Waals surface area contributed by atoms with Crippen molar-refractivity contribution in [2.75, 3.05) is 26.7 Å². The van der Waals surface area contributed by atoms with E-state index in [0.717, 1.165) is 48.8 Å². The number of rotatable bonds is 3. The molecule has 5 rings (SSSR count). The largest absolute Gasteiger partial charge is 0.497 e. The summed E-state index contributed by atoms with van der Waals surface area (Å²) in [7, 11) is 1.68. The van der Waals surface area contributed by atoms with Crippen molar-refractivity contribution < 1.29 is 9.53 Å². The number of methoxy groups -OCH3 is 1. The van der Waals surface area contributed by atoms with Crippen LogP contribution in [0.4, 0.5) is 0 Å². The molecule has 1 aromatic carbocycles. The Morgan fingerprint density at radius 3 is 2.60 bits per heavy atom. The number of amides is 1. The lowest BCUT2D eigenvalue weighted by atomic mass is 9.85. The Balaban J connectivity index is 1.38. The molecular weight excluding hydrogens is 378 g/mol. The topological polar surface area (TPSA) is 72.3 Å². The molecule has 3 aromatic rings. The number of aromatic nitrogens is 3. The molecule has 0 aliphatic carbocycles. The summed E-state index contributed by atoms with van der Waals surface area (Å²) in [5.74, 6) is 1.98. The predicted octanol–water partition coefficient (Wildman–Crippen LogP) is 2.69. The summed E-state index contributed by atoms with van der Waals surface area (Å²) >= 11 is 0. The van der Waals surface area contributed by atoms with Gasteiger partial charge in [-0.25, -0.2) is 4.98 Å². The van der Waals surface area contributed by atoms with Crippen molar-refractivity contribution in [3.8, 4) is 17.0 Å². The maximum atomic E-state index is 12.8. The van der Waals surface area contributed by atoms with Crippen LogP contribution in [0, 0.1) is 0 Å². The van der Waals surface area contributed by atoms with Crippen LogP contribution in [0.1, 0.15) is 29.0 Å². The number of hydrogen-bond donors (Lipinski definition) is 1. The predicted molar refractivity (Wildman–Crippen MR) is 113 cm³/mol. The molecule has 1 fully saturated rings. The van der Waals surface area contributed by atoms with Crippen LogP contribution in [-0.2, 0) is 12.1 Å². The molecule has 1 N–H and O–H groups in total. The number of likely N-dealkylation sites (tertiary alicyclic amines) is 1. The standard InChI is InChI=1S/C23H25N5O2/c1-30-19-6-4-17(5-7-19)20-16-25-22-23(26-11-14-28(20)22)8-12-27(13-9-23)21(29)18-3-2-10-24-15-18/h2-7,10,15-16,26H,8-9,11-14H2,1H3. The third-order valence-electron chi connectivity index (χ3n) is 6.28. The highest BCUT2D eigenvalue weighted by atomic mass is 16.5. The number of benzene rings is 1. The summed E-state index contributed by atoms with van der Waals surface area (Å²) in [6, 6.07) is 11.7. The first-order valence-electron chi connectivity index (χ1n) is 10.3. The maximum Gasteiger partial charge on any atom is 0.255 e. The van der Waals surface area contributed by atoms with Gasteiger partial charge in [0.2, 0.25) is 0 Å². The lowest BCUT2D eigenvalue weighted by Crippen LogP contribution is -2.56. The third-order valence-corrected chi connectivity index (χ3v) is 6.28. The molecular formula is C23H25N5O2. The molecule has 0 unspecified atom stereocenters. The highest BCUT2D eigenvalue weighted by Crippen LogP contribution is 2.37. The van der Waals surface area contributed by atoms with Gasteiger partial charge in [0.05, 0.1) is 30.1 Å². The van der Waals surface area contributed by atoms with Gasteiger partial charge in [0, 0.05) is 44.1 Å². The summed E-state index contributed by atoms with van der Waals surface area (Å²) < 4.78 is 7.61. The van der Waals surface area contributed by atoms with Crippen LogP contribution >= 0.6 is 0 Å². The number of nitrogens with zero attached hydrogens (tertiary/aromatic N) is 4. The quantitative estimate of drug-likeness (QED) is 0.728. The van der Waals surface area contributed by atoms with E-state index in [9.17, 15) is 4.79 Å². The van der Waals surface area contributed by atoms with Gasteiger partial charge in [-0.3, -0.25) is 9.78 Å². The van der Waals surface area contributed by atoms with Crippen LogP contribution < -0.4 is 10.1 Å². The van der Waals surface area contributed by atoms with Gasteiger partial charge in [0.1, 0.15) is 11.6 Å². The molecule has 2 aliphatic rings. The smallest absolute Gasteiger partial charge is 0.255 e. The Labute approximate surface area is 175 Å². The second-order valence-electron chi connectivity index (χ2n) is 7.89. The summed E-state index contributed by atoms with van der Waals surface area (Å²) in [6.07, 6.45) is 6.99. The van der Waals surface area contributed by atoms with E-state index in [4.69, 9.17) is 9.72 Å². The number of hydrogen-bond acceptors (Lipinski definition) is 5. The first-order valence-corrected chi connectivity index (χ1v) is 10.3. The molecule has 2 aromatic heterocycles. The van der Waals surface area contributed by atoms with Crippen molar-refractivity contribution in [2.45, 2.75) is 24.9 Å². The van der Waals surface area contributed by atoms with Crippen molar-refractivity contribution >= 4 is 5.91 Å². The fraction of sp³-hybridized carbons (Fsp3) is 0.348. The number of ether oxygens (including phenoxy) is 1. The Morgan fingerprint density at radius 1 is 1.10 bits per heavy atom. The summed E-state index contributed by atoms with van der Waals surface area (Å²) in [4.78, 5) is 23.6. The zero-order valence-electron chi connectivity index (χ0n) is 17.0. The van der Waals surface area contributed by atoms with Crippen molar-refractivity contribution in [1.82, 2.24) is 24.8 Å². The maximum absolute atomic E-state index is 12.8. The minimum absolute atomic E-state index is 0.0519. The van der Waals surface area contributed by atoms with Gasteiger partial charge in [-0.2, -0.15) is 0 Å². The number of fused-ring (bicyclic) bond motifs is 2. The average Bonchev–Trinajstić information content (AvgIpc) is 3.26. The van der Waals surface area contributed by atoms with Crippen molar-refractivity contribution in [3.63, 3.8) is 0 Å². The Morgan fingerprint density at radius 2 is 1.90 bits per heavy atom. The van der Waals surface area contributed by atoms with Gasteiger partial charge in [-0.15, -0.1) is 0 Å². The minimum atomic E-state index is -0.186. The Bertz CT molecular complexity index is 1040. The molecule has 7 heteroatoms. The lowest BCUT2D eigenvalue weighted by Gasteiger charge is -2.44. The van der Waals surface area contributed by atoms with E-state index in [1.54, 1.807) is 25.6 Å². The van der Waals surface area contributed by atoms with Crippen molar-refractivity contribution in [2.24, 2.45) is 0 Å². The van der Waals surface area contributed by atoms with Crippen LogP contribution in [0.3, 0.4) is 0 Å². The van der Waals surface area contributed by atoms with Gasteiger partial charge in [-0.1, -0.05) is 0 Å². The van der Waals surface area contributed by atoms with Gasteiger partial charge < -0.3 is 19.5 Å². The molecule has 2 aliphatic heterocycles. The summed E-state index contributed by atoms with van der Waals surface area (Å²) in [5, 5.41) is 3.72.